The highest BCUT2D eigenvalue weighted by atomic mass is 16.7. The van der Waals surface area contributed by atoms with Crippen LogP contribution in [0.15, 0.2) is 24.3 Å². The third-order valence-corrected chi connectivity index (χ3v) is 2.83. The van der Waals surface area contributed by atoms with Gasteiger partial charge in [-0.15, -0.1) is 0 Å². The van der Waals surface area contributed by atoms with E-state index in [9.17, 15) is 4.79 Å². The monoisotopic (exact) mass is 250 g/mol. The molecule has 18 heavy (non-hydrogen) atoms. The van der Waals surface area contributed by atoms with Gasteiger partial charge < -0.3 is 10.5 Å². The Labute approximate surface area is 106 Å². The quantitative estimate of drug-likeness (QED) is 0.821. The normalized spacial score (nSPS) is 18.1. The van der Waals surface area contributed by atoms with Crippen molar-refractivity contribution in [3.63, 3.8) is 0 Å². The number of amides is 1. The maximum atomic E-state index is 11.8. The lowest BCUT2D eigenvalue weighted by Gasteiger charge is -2.16. The molecule has 1 aromatic carbocycles. The van der Waals surface area contributed by atoms with E-state index in [0.29, 0.717) is 25.4 Å². The fraction of sp³-hybridized carbons (Fsp3) is 0.462. The lowest BCUT2D eigenvalue weighted by atomic mass is 9.95. The number of rotatable bonds is 4. The second-order valence-corrected chi connectivity index (χ2v) is 4.98. The third-order valence-electron chi connectivity index (χ3n) is 2.83. The lowest BCUT2D eigenvalue weighted by Crippen LogP contribution is -2.33. The number of hydroxylamine groups is 2. The van der Waals surface area contributed by atoms with Gasteiger partial charge in [0.05, 0.1) is 18.6 Å². The number of benzene rings is 1. The van der Waals surface area contributed by atoms with Gasteiger partial charge >= 0.3 is 0 Å². The Hall–Kier alpha value is -1.75. The standard InChI is InChI=1S/C13H18N2O3/c1-13(2)9-18-15(12(13)16)7-8-17-11-5-3-10(14)4-6-11/h3-6H,7-9,14H2,1-2H3. The van der Waals surface area contributed by atoms with Crippen LogP contribution < -0.4 is 10.5 Å². The molecule has 1 aliphatic rings. The maximum absolute atomic E-state index is 11.8. The first kappa shape index (κ1) is 12.7. The van der Waals surface area contributed by atoms with Crippen LogP contribution in [0.5, 0.6) is 5.75 Å². The molecule has 1 heterocycles. The first-order valence-electron chi connectivity index (χ1n) is 5.92. The van der Waals surface area contributed by atoms with Gasteiger partial charge in [0, 0.05) is 5.69 Å². The number of anilines is 1. The van der Waals surface area contributed by atoms with Gasteiger partial charge in [0.25, 0.3) is 5.91 Å². The Morgan fingerprint density at radius 2 is 2.06 bits per heavy atom. The molecule has 1 fully saturated rings. The van der Waals surface area contributed by atoms with Crippen LogP contribution in [0.4, 0.5) is 5.69 Å². The van der Waals surface area contributed by atoms with Crippen molar-refractivity contribution in [1.29, 1.82) is 0 Å². The van der Waals surface area contributed by atoms with Gasteiger partial charge in [-0.1, -0.05) is 0 Å². The summed E-state index contributed by atoms with van der Waals surface area (Å²) in [5, 5.41) is 1.37. The highest BCUT2D eigenvalue weighted by Crippen LogP contribution is 2.26. The van der Waals surface area contributed by atoms with Crippen molar-refractivity contribution < 1.29 is 14.4 Å². The van der Waals surface area contributed by atoms with E-state index in [1.54, 1.807) is 24.3 Å². The Morgan fingerprint density at radius 1 is 1.39 bits per heavy atom. The van der Waals surface area contributed by atoms with E-state index in [1.165, 1.54) is 5.06 Å². The van der Waals surface area contributed by atoms with Crippen LogP contribution in [0, 0.1) is 5.41 Å². The molecule has 1 aliphatic heterocycles. The largest absolute Gasteiger partial charge is 0.492 e. The SMILES string of the molecule is CC1(C)CON(CCOc2ccc(N)cc2)C1=O. The van der Waals surface area contributed by atoms with Crippen LogP contribution in [0.25, 0.3) is 0 Å². The molecule has 5 heteroatoms. The summed E-state index contributed by atoms with van der Waals surface area (Å²) < 4.78 is 5.51. The van der Waals surface area contributed by atoms with E-state index in [0.717, 1.165) is 5.75 Å². The molecule has 1 aromatic rings. The lowest BCUT2D eigenvalue weighted by molar-refractivity contribution is -0.163. The zero-order chi connectivity index (χ0) is 13.2. The highest BCUT2D eigenvalue weighted by molar-refractivity contribution is 5.82. The highest BCUT2D eigenvalue weighted by Gasteiger charge is 2.40. The van der Waals surface area contributed by atoms with E-state index < -0.39 is 5.41 Å². The minimum atomic E-state index is -0.429. The first-order valence-corrected chi connectivity index (χ1v) is 5.92. The molecule has 0 spiro atoms. The molecule has 5 nitrogen and oxygen atoms in total. The average molecular weight is 250 g/mol. The van der Waals surface area contributed by atoms with Gasteiger partial charge in [-0.2, -0.15) is 0 Å². The number of ether oxygens (including phenoxy) is 1. The van der Waals surface area contributed by atoms with Crippen molar-refractivity contribution in [1.82, 2.24) is 5.06 Å². The predicted octanol–water partition coefficient (Wildman–Crippen LogP) is 1.45. The van der Waals surface area contributed by atoms with Gasteiger partial charge in [-0.05, 0) is 38.1 Å². The summed E-state index contributed by atoms with van der Waals surface area (Å²) >= 11 is 0. The molecule has 0 bridgehead atoms. The maximum Gasteiger partial charge on any atom is 0.254 e. The number of carbonyl (C=O) groups excluding carboxylic acids is 1. The fourth-order valence-electron chi connectivity index (χ4n) is 1.67. The molecular weight excluding hydrogens is 232 g/mol. The van der Waals surface area contributed by atoms with Crippen LogP contribution in [0.2, 0.25) is 0 Å². The van der Waals surface area contributed by atoms with Gasteiger partial charge in [0.2, 0.25) is 0 Å². The van der Waals surface area contributed by atoms with E-state index >= 15 is 0 Å². The Morgan fingerprint density at radius 3 is 2.61 bits per heavy atom. The number of hydrogen-bond acceptors (Lipinski definition) is 4. The molecule has 1 amide bonds. The van der Waals surface area contributed by atoms with Crippen LogP contribution in [-0.2, 0) is 9.63 Å². The number of nitrogen functional groups attached to an aromatic ring is 1. The summed E-state index contributed by atoms with van der Waals surface area (Å²) in [7, 11) is 0. The number of hydrogen-bond donors (Lipinski definition) is 1. The predicted molar refractivity (Wildman–Crippen MR) is 67.8 cm³/mol. The minimum absolute atomic E-state index is 0.00315. The Balaban J connectivity index is 1.80. The summed E-state index contributed by atoms with van der Waals surface area (Å²) in [6, 6.07) is 7.14. The number of nitrogens with zero attached hydrogens (tertiary/aromatic N) is 1. The molecule has 2 N–H and O–H groups in total. The van der Waals surface area contributed by atoms with E-state index in [2.05, 4.69) is 0 Å². The summed E-state index contributed by atoms with van der Waals surface area (Å²) in [6.07, 6.45) is 0. The second-order valence-electron chi connectivity index (χ2n) is 4.98. The summed E-state index contributed by atoms with van der Waals surface area (Å²) in [4.78, 5) is 17.2. The number of carbonyl (C=O) groups is 1. The van der Waals surface area contributed by atoms with Crippen LogP contribution in [0.3, 0.4) is 0 Å². The van der Waals surface area contributed by atoms with E-state index in [4.69, 9.17) is 15.3 Å². The zero-order valence-electron chi connectivity index (χ0n) is 10.7. The smallest absolute Gasteiger partial charge is 0.254 e. The number of nitrogens with two attached hydrogens (primary N) is 1. The van der Waals surface area contributed by atoms with Crippen molar-refractivity contribution in [2.45, 2.75) is 13.8 Å². The summed E-state index contributed by atoms with van der Waals surface area (Å²) in [5.41, 5.74) is 5.84. The molecule has 1 saturated heterocycles. The van der Waals surface area contributed by atoms with Crippen molar-refractivity contribution in [2.24, 2.45) is 5.41 Å². The van der Waals surface area contributed by atoms with Crippen LogP contribution in [-0.4, -0.2) is 30.7 Å². The molecular formula is C13H18N2O3. The summed E-state index contributed by atoms with van der Waals surface area (Å²) in [6.45, 7) is 4.98. The van der Waals surface area contributed by atoms with E-state index in [-0.39, 0.29) is 5.91 Å². The molecule has 0 saturated carbocycles. The second kappa shape index (κ2) is 4.86. The molecule has 0 radical (unpaired) electrons. The van der Waals surface area contributed by atoms with Crippen LogP contribution >= 0.6 is 0 Å². The van der Waals surface area contributed by atoms with Crippen molar-refractivity contribution in [2.75, 3.05) is 25.5 Å². The molecule has 0 atom stereocenters. The average Bonchev–Trinajstić information content (AvgIpc) is 2.59. The third kappa shape index (κ3) is 2.73. The van der Waals surface area contributed by atoms with Gasteiger partial charge in [-0.3, -0.25) is 9.63 Å². The minimum Gasteiger partial charge on any atom is -0.492 e. The molecule has 98 valence electrons. The van der Waals surface area contributed by atoms with Gasteiger partial charge in [-0.25, -0.2) is 5.06 Å². The Kier molecular flexibility index (Phi) is 3.43. The molecule has 0 unspecified atom stereocenters. The summed E-state index contributed by atoms with van der Waals surface area (Å²) in [5.74, 6) is 0.735. The van der Waals surface area contributed by atoms with Crippen molar-refractivity contribution in [3.05, 3.63) is 24.3 Å². The topological polar surface area (TPSA) is 64.8 Å². The van der Waals surface area contributed by atoms with Gasteiger partial charge in [0.15, 0.2) is 0 Å². The van der Waals surface area contributed by atoms with Gasteiger partial charge in [0.1, 0.15) is 12.4 Å². The van der Waals surface area contributed by atoms with E-state index in [1.807, 2.05) is 13.8 Å². The zero-order valence-corrected chi connectivity index (χ0v) is 10.7. The Bertz CT molecular complexity index is 428. The first-order chi connectivity index (χ1) is 8.49. The fourth-order valence-corrected chi connectivity index (χ4v) is 1.67. The van der Waals surface area contributed by atoms with Crippen LogP contribution in [0.1, 0.15) is 13.8 Å². The van der Waals surface area contributed by atoms with Crippen molar-refractivity contribution in [3.8, 4) is 5.75 Å². The molecule has 2 rings (SSSR count). The van der Waals surface area contributed by atoms with Crippen molar-refractivity contribution >= 4 is 11.6 Å². The molecule has 0 aliphatic carbocycles. The molecule has 0 aromatic heterocycles.